The fourth-order valence-corrected chi connectivity index (χ4v) is 2.69. The second-order valence-corrected chi connectivity index (χ2v) is 5.72. The van der Waals surface area contributed by atoms with Crippen LogP contribution in [-0.2, 0) is 6.54 Å². The maximum Gasteiger partial charge on any atom is 0.134 e. The van der Waals surface area contributed by atoms with Gasteiger partial charge < -0.3 is 19.9 Å². The molecule has 1 N–H and O–H groups in total. The average molecular weight is 313 g/mol. The van der Waals surface area contributed by atoms with Gasteiger partial charge in [0.15, 0.2) is 0 Å². The molecule has 0 amide bonds. The Morgan fingerprint density at radius 3 is 2.70 bits per heavy atom. The summed E-state index contributed by atoms with van der Waals surface area (Å²) in [6.07, 6.45) is 1.62. The van der Waals surface area contributed by atoms with Crippen molar-refractivity contribution in [3.8, 4) is 5.75 Å². The summed E-state index contributed by atoms with van der Waals surface area (Å²) in [6, 6.07) is 10.0. The number of ether oxygens (including phenoxy) is 1. The minimum absolute atomic E-state index is 0.670. The lowest BCUT2D eigenvalue weighted by molar-refractivity contribution is 0.312. The van der Waals surface area contributed by atoms with E-state index in [1.165, 1.54) is 0 Å². The first-order chi connectivity index (χ1) is 11.3. The first-order valence-corrected chi connectivity index (χ1v) is 7.87. The molecule has 3 rings (SSSR count). The summed E-state index contributed by atoms with van der Waals surface area (Å²) in [5, 5.41) is 3.36. The van der Waals surface area contributed by atoms with E-state index in [1.54, 1.807) is 13.4 Å². The van der Waals surface area contributed by atoms with Crippen LogP contribution in [0.2, 0.25) is 0 Å². The van der Waals surface area contributed by atoms with Gasteiger partial charge in [0.1, 0.15) is 23.7 Å². The van der Waals surface area contributed by atoms with Crippen LogP contribution < -0.4 is 15.0 Å². The van der Waals surface area contributed by atoms with Crippen molar-refractivity contribution in [2.45, 2.75) is 6.54 Å². The van der Waals surface area contributed by atoms with E-state index in [0.717, 1.165) is 49.1 Å². The number of likely N-dealkylation sites (N-methyl/N-ethyl adjacent to an activating group) is 1. The molecule has 0 unspecified atom stereocenters. The smallest absolute Gasteiger partial charge is 0.134 e. The second kappa shape index (κ2) is 7.28. The second-order valence-electron chi connectivity index (χ2n) is 5.72. The molecule has 1 fully saturated rings. The summed E-state index contributed by atoms with van der Waals surface area (Å²) in [6.45, 7) is 4.80. The van der Waals surface area contributed by atoms with Crippen LogP contribution in [0.25, 0.3) is 0 Å². The summed E-state index contributed by atoms with van der Waals surface area (Å²) < 4.78 is 5.38. The predicted molar refractivity (Wildman–Crippen MR) is 92.1 cm³/mol. The van der Waals surface area contributed by atoms with E-state index >= 15 is 0 Å². The van der Waals surface area contributed by atoms with Crippen molar-refractivity contribution in [2.24, 2.45) is 0 Å². The van der Waals surface area contributed by atoms with Crippen molar-refractivity contribution < 1.29 is 4.74 Å². The number of piperazine rings is 1. The molecule has 0 saturated carbocycles. The molecule has 0 aliphatic carbocycles. The Bertz CT molecular complexity index is 640. The third-order valence-electron chi connectivity index (χ3n) is 4.13. The summed E-state index contributed by atoms with van der Waals surface area (Å²) in [5.74, 6) is 2.70. The zero-order valence-electron chi connectivity index (χ0n) is 13.7. The van der Waals surface area contributed by atoms with E-state index in [0.29, 0.717) is 6.54 Å². The number of methoxy groups -OCH3 is 1. The van der Waals surface area contributed by atoms with E-state index in [2.05, 4.69) is 38.2 Å². The van der Waals surface area contributed by atoms with Crippen LogP contribution in [0.5, 0.6) is 5.75 Å². The van der Waals surface area contributed by atoms with Crippen molar-refractivity contribution >= 4 is 11.6 Å². The number of hydrogen-bond acceptors (Lipinski definition) is 6. The van der Waals surface area contributed by atoms with E-state index < -0.39 is 0 Å². The van der Waals surface area contributed by atoms with Crippen LogP contribution in [0.15, 0.2) is 36.7 Å². The Balaban J connectivity index is 1.66. The molecular formula is C17H23N5O. The lowest BCUT2D eigenvalue weighted by Crippen LogP contribution is -2.44. The molecule has 1 aromatic heterocycles. The minimum Gasteiger partial charge on any atom is -0.496 e. The van der Waals surface area contributed by atoms with Gasteiger partial charge in [-0.2, -0.15) is 0 Å². The van der Waals surface area contributed by atoms with E-state index in [4.69, 9.17) is 4.74 Å². The monoisotopic (exact) mass is 313 g/mol. The van der Waals surface area contributed by atoms with E-state index in [-0.39, 0.29) is 0 Å². The molecule has 0 spiro atoms. The minimum atomic E-state index is 0.670. The number of benzene rings is 1. The average Bonchev–Trinajstić information content (AvgIpc) is 2.61. The highest BCUT2D eigenvalue weighted by Gasteiger charge is 2.15. The number of hydrogen-bond donors (Lipinski definition) is 1. The lowest BCUT2D eigenvalue weighted by Gasteiger charge is -2.33. The van der Waals surface area contributed by atoms with Crippen LogP contribution in [0.1, 0.15) is 5.56 Å². The van der Waals surface area contributed by atoms with Crippen molar-refractivity contribution in [1.82, 2.24) is 14.9 Å². The standard InChI is InChI=1S/C17H23N5O/c1-21-7-9-22(10-8-21)17-11-16(19-13-20-17)18-12-14-5-3-4-6-15(14)23-2/h3-6,11,13H,7-10,12H2,1-2H3,(H,18,19,20). The maximum absolute atomic E-state index is 5.38. The lowest BCUT2D eigenvalue weighted by atomic mass is 10.2. The fourth-order valence-electron chi connectivity index (χ4n) is 2.69. The third kappa shape index (κ3) is 3.90. The Morgan fingerprint density at radius 1 is 1.13 bits per heavy atom. The number of rotatable bonds is 5. The molecule has 2 heterocycles. The first-order valence-electron chi connectivity index (χ1n) is 7.87. The highest BCUT2D eigenvalue weighted by molar-refractivity contribution is 5.49. The third-order valence-corrected chi connectivity index (χ3v) is 4.13. The van der Waals surface area contributed by atoms with Crippen LogP contribution in [-0.4, -0.2) is 55.2 Å². The molecule has 6 heteroatoms. The van der Waals surface area contributed by atoms with Crippen molar-refractivity contribution in [3.05, 3.63) is 42.2 Å². The molecule has 2 aromatic rings. The van der Waals surface area contributed by atoms with Gasteiger partial charge in [-0.05, 0) is 13.1 Å². The normalized spacial score (nSPS) is 15.5. The van der Waals surface area contributed by atoms with Gasteiger partial charge in [0.25, 0.3) is 0 Å². The zero-order chi connectivity index (χ0) is 16.1. The van der Waals surface area contributed by atoms with Crippen LogP contribution in [0.3, 0.4) is 0 Å². The molecule has 0 atom stereocenters. The van der Waals surface area contributed by atoms with Gasteiger partial charge in [-0.3, -0.25) is 0 Å². The molecule has 0 bridgehead atoms. The summed E-state index contributed by atoms with van der Waals surface area (Å²) in [4.78, 5) is 13.4. The van der Waals surface area contributed by atoms with Crippen molar-refractivity contribution in [3.63, 3.8) is 0 Å². The van der Waals surface area contributed by atoms with E-state index in [1.807, 2.05) is 24.3 Å². The number of anilines is 2. The molecule has 1 aromatic carbocycles. The number of nitrogens with one attached hydrogen (secondary N) is 1. The molecular weight excluding hydrogens is 290 g/mol. The Labute approximate surface area is 137 Å². The first kappa shape index (κ1) is 15.6. The quantitative estimate of drug-likeness (QED) is 0.909. The van der Waals surface area contributed by atoms with Crippen LogP contribution in [0.4, 0.5) is 11.6 Å². The molecule has 122 valence electrons. The highest BCUT2D eigenvalue weighted by Crippen LogP contribution is 2.20. The zero-order valence-corrected chi connectivity index (χ0v) is 13.7. The van der Waals surface area contributed by atoms with Gasteiger partial charge in [0.2, 0.25) is 0 Å². The molecule has 23 heavy (non-hydrogen) atoms. The Kier molecular flexibility index (Phi) is 4.92. The van der Waals surface area contributed by atoms with E-state index in [9.17, 15) is 0 Å². The molecule has 1 aliphatic rings. The maximum atomic E-state index is 5.38. The van der Waals surface area contributed by atoms with Gasteiger partial charge in [0.05, 0.1) is 7.11 Å². The Morgan fingerprint density at radius 2 is 1.91 bits per heavy atom. The highest BCUT2D eigenvalue weighted by atomic mass is 16.5. The van der Waals surface area contributed by atoms with Crippen molar-refractivity contribution in [2.75, 3.05) is 50.6 Å². The molecule has 1 saturated heterocycles. The van der Waals surface area contributed by atoms with Gasteiger partial charge >= 0.3 is 0 Å². The summed E-state index contributed by atoms with van der Waals surface area (Å²) >= 11 is 0. The summed E-state index contributed by atoms with van der Waals surface area (Å²) in [5.41, 5.74) is 1.11. The van der Waals surface area contributed by atoms with Crippen LogP contribution >= 0.6 is 0 Å². The Hall–Kier alpha value is -2.34. The van der Waals surface area contributed by atoms with Crippen LogP contribution in [0, 0.1) is 0 Å². The number of aromatic nitrogens is 2. The summed E-state index contributed by atoms with van der Waals surface area (Å²) in [7, 11) is 3.84. The topological polar surface area (TPSA) is 53.5 Å². The fraction of sp³-hybridized carbons (Fsp3) is 0.412. The van der Waals surface area contributed by atoms with Crippen molar-refractivity contribution in [1.29, 1.82) is 0 Å². The van der Waals surface area contributed by atoms with Gasteiger partial charge in [-0.15, -0.1) is 0 Å². The molecule has 6 nitrogen and oxygen atoms in total. The SMILES string of the molecule is COc1ccccc1CNc1cc(N2CCN(C)CC2)ncn1. The molecule has 1 aliphatic heterocycles. The largest absolute Gasteiger partial charge is 0.496 e. The number of nitrogens with zero attached hydrogens (tertiary/aromatic N) is 4. The van der Waals surface area contributed by atoms with Gasteiger partial charge in [-0.25, -0.2) is 9.97 Å². The molecule has 0 radical (unpaired) electrons. The van der Waals surface area contributed by atoms with Gasteiger partial charge in [0, 0.05) is 44.4 Å². The van der Waals surface area contributed by atoms with Gasteiger partial charge in [-0.1, -0.05) is 18.2 Å². The number of para-hydroxylation sites is 1. The predicted octanol–water partition coefficient (Wildman–Crippen LogP) is 1.85.